The first-order valence-corrected chi connectivity index (χ1v) is 12.7. The molecule has 0 spiro atoms. The fourth-order valence-corrected chi connectivity index (χ4v) is 3.88. The smallest absolute Gasteiger partial charge is 0.233 e. The second-order valence-corrected chi connectivity index (χ2v) is 13.5. The number of rotatable bonds is 6. The lowest BCUT2D eigenvalue weighted by Crippen LogP contribution is -2.41. The number of nitrogens with zero attached hydrogens (tertiary/aromatic N) is 2. The maximum atomic E-state index is 6.32. The van der Waals surface area contributed by atoms with Gasteiger partial charge in [-0.05, 0) is 53.0 Å². The van der Waals surface area contributed by atoms with Crippen molar-refractivity contribution >= 4 is 19.1 Å². The van der Waals surface area contributed by atoms with E-state index < -0.39 is 8.32 Å². The lowest BCUT2D eigenvalue weighted by molar-refractivity contribution is 0.292. The lowest BCUT2D eigenvalue weighted by atomic mass is 10.0. The Morgan fingerprint density at radius 2 is 1.61 bits per heavy atom. The van der Waals surface area contributed by atoms with Crippen LogP contribution in [0.5, 0.6) is 5.88 Å². The second-order valence-electron chi connectivity index (χ2n) is 8.72. The SMILES string of the molecule is COc1ccc(-c2ccc3cc(CCO[Si](C)(C)C(C)(C)C)ccc3c2)nn1. The first-order chi connectivity index (χ1) is 13.2. The molecule has 1 heterocycles. The van der Waals surface area contributed by atoms with Crippen LogP contribution in [0.1, 0.15) is 26.3 Å². The van der Waals surface area contributed by atoms with Gasteiger partial charge in [-0.1, -0.05) is 51.1 Å². The van der Waals surface area contributed by atoms with Crippen LogP contribution in [-0.2, 0) is 10.8 Å². The van der Waals surface area contributed by atoms with Crippen LogP contribution >= 0.6 is 0 Å². The van der Waals surface area contributed by atoms with Gasteiger partial charge in [0.05, 0.1) is 12.8 Å². The molecule has 0 N–H and O–H groups in total. The van der Waals surface area contributed by atoms with Crippen molar-refractivity contribution in [2.24, 2.45) is 0 Å². The van der Waals surface area contributed by atoms with E-state index in [1.807, 2.05) is 12.1 Å². The highest BCUT2D eigenvalue weighted by atomic mass is 28.4. The summed E-state index contributed by atoms with van der Waals surface area (Å²) in [5.41, 5.74) is 3.20. The summed E-state index contributed by atoms with van der Waals surface area (Å²) in [6.07, 6.45) is 0.939. The van der Waals surface area contributed by atoms with Crippen LogP contribution in [0.25, 0.3) is 22.0 Å². The Kier molecular flexibility index (Phi) is 5.86. The van der Waals surface area contributed by atoms with Crippen molar-refractivity contribution in [2.45, 2.75) is 45.3 Å². The number of benzene rings is 2. The minimum Gasteiger partial charge on any atom is -0.480 e. The summed E-state index contributed by atoms with van der Waals surface area (Å²) in [5.74, 6) is 0.522. The van der Waals surface area contributed by atoms with E-state index in [1.54, 1.807) is 7.11 Å². The second kappa shape index (κ2) is 8.01. The fraction of sp³-hybridized carbons (Fsp3) is 0.391. The molecule has 3 rings (SSSR count). The van der Waals surface area contributed by atoms with E-state index in [0.717, 1.165) is 24.3 Å². The molecule has 2 aromatic carbocycles. The first kappa shape index (κ1) is 20.5. The van der Waals surface area contributed by atoms with E-state index in [-0.39, 0.29) is 5.04 Å². The Labute approximate surface area is 169 Å². The molecular formula is C23H30N2O2Si. The summed E-state index contributed by atoms with van der Waals surface area (Å²) in [4.78, 5) is 0. The number of ether oxygens (including phenoxy) is 1. The van der Waals surface area contributed by atoms with E-state index in [2.05, 4.69) is 80.5 Å². The molecule has 0 bridgehead atoms. The van der Waals surface area contributed by atoms with Crippen molar-refractivity contribution in [1.29, 1.82) is 0 Å². The highest BCUT2D eigenvalue weighted by Crippen LogP contribution is 2.36. The van der Waals surface area contributed by atoms with E-state index in [0.29, 0.717) is 5.88 Å². The van der Waals surface area contributed by atoms with E-state index in [9.17, 15) is 0 Å². The van der Waals surface area contributed by atoms with Gasteiger partial charge in [0.2, 0.25) is 5.88 Å². The minimum atomic E-state index is -1.69. The molecule has 0 radical (unpaired) electrons. The van der Waals surface area contributed by atoms with Crippen molar-refractivity contribution in [3.8, 4) is 17.1 Å². The molecule has 1 aromatic heterocycles. The molecule has 0 saturated carbocycles. The normalized spacial score (nSPS) is 12.4. The number of hydrogen-bond donors (Lipinski definition) is 0. The van der Waals surface area contributed by atoms with Crippen LogP contribution in [0.2, 0.25) is 18.1 Å². The summed E-state index contributed by atoms with van der Waals surface area (Å²) in [5, 5.41) is 11.0. The van der Waals surface area contributed by atoms with Crippen LogP contribution in [0.4, 0.5) is 0 Å². The third-order valence-electron chi connectivity index (χ3n) is 5.71. The predicted molar refractivity (Wildman–Crippen MR) is 118 cm³/mol. The van der Waals surface area contributed by atoms with Gasteiger partial charge in [0.15, 0.2) is 8.32 Å². The predicted octanol–water partition coefficient (Wildman–Crippen LogP) is 5.87. The molecule has 148 valence electrons. The van der Waals surface area contributed by atoms with Gasteiger partial charge in [-0.15, -0.1) is 10.2 Å². The van der Waals surface area contributed by atoms with Crippen molar-refractivity contribution < 1.29 is 9.16 Å². The molecule has 3 aromatic rings. The fourth-order valence-electron chi connectivity index (χ4n) is 2.83. The van der Waals surface area contributed by atoms with E-state index in [4.69, 9.17) is 9.16 Å². The molecule has 0 amide bonds. The van der Waals surface area contributed by atoms with E-state index >= 15 is 0 Å². The maximum Gasteiger partial charge on any atom is 0.233 e. The molecule has 0 aliphatic heterocycles. The zero-order valence-corrected chi connectivity index (χ0v) is 18.7. The Balaban J connectivity index is 1.72. The van der Waals surface area contributed by atoms with Crippen molar-refractivity contribution in [1.82, 2.24) is 10.2 Å². The van der Waals surface area contributed by atoms with Gasteiger partial charge in [-0.25, -0.2) is 0 Å². The Morgan fingerprint density at radius 1 is 0.893 bits per heavy atom. The van der Waals surface area contributed by atoms with Crippen molar-refractivity contribution in [2.75, 3.05) is 13.7 Å². The third-order valence-corrected chi connectivity index (χ3v) is 10.2. The lowest BCUT2D eigenvalue weighted by Gasteiger charge is -2.36. The van der Waals surface area contributed by atoms with Crippen LogP contribution in [-0.4, -0.2) is 32.2 Å². The zero-order chi connectivity index (χ0) is 20.4. The zero-order valence-electron chi connectivity index (χ0n) is 17.7. The summed E-state index contributed by atoms with van der Waals surface area (Å²) in [7, 11) is -0.0942. The summed E-state index contributed by atoms with van der Waals surface area (Å²) >= 11 is 0. The monoisotopic (exact) mass is 394 g/mol. The number of hydrogen-bond acceptors (Lipinski definition) is 4. The Bertz CT molecular complexity index is 947. The average molecular weight is 395 g/mol. The molecule has 0 fully saturated rings. The molecule has 5 heteroatoms. The molecule has 4 nitrogen and oxygen atoms in total. The third kappa shape index (κ3) is 4.59. The average Bonchev–Trinajstić information content (AvgIpc) is 2.66. The van der Waals surface area contributed by atoms with Gasteiger partial charge in [-0.3, -0.25) is 0 Å². The van der Waals surface area contributed by atoms with Crippen LogP contribution in [0.15, 0.2) is 48.5 Å². The standard InChI is InChI=1S/C23H30N2O2Si/c1-23(2,3)28(5,6)27-14-13-17-7-8-19-16-20(10-9-18(19)15-17)21-11-12-22(26-4)25-24-21/h7-12,15-16H,13-14H2,1-6H3. The van der Waals surface area contributed by atoms with Gasteiger partial charge >= 0.3 is 0 Å². The van der Waals surface area contributed by atoms with Gasteiger partial charge in [-0.2, -0.15) is 0 Å². The summed E-state index contributed by atoms with van der Waals surface area (Å²) in [6.45, 7) is 12.2. The van der Waals surface area contributed by atoms with Crippen molar-refractivity contribution in [3.63, 3.8) is 0 Å². The van der Waals surface area contributed by atoms with Crippen LogP contribution in [0, 0.1) is 0 Å². The van der Waals surface area contributed by atoms with Crippen LogP contribution in [0.3, 0.4) is 0 Å². The molecule has 0 atom stereocenters. The highest BCUT2D eigenvalue weighted by Gasteiger charge is 2.36. The molecule has 0 unspecified atom stereocenters. The minimum absolute atomic E-state index is 0.247. The largest absolute Gasteiger partial charge is 0.480 e. The molecule has 0 aliphatic rings. The van der Waals surface area contributed by atoms with Crippen LogP contribution < -0.4 is 4.74 Å². The Hall–Kier alpha value is -2.24. The number of fused-ring (bicyclic) bond motifs is 1. The Morgan fingerprint density at radius 3 is 2.25 bits per heavy atom. The number of methoxy groups -OCH3 is 1. The summed E-state index contributed by atoms with van der Waals surface area (Å²) in [6, 6.07) is 16.8. The highest BCUT2D eigenvalue weighted by molar-refractivity contribution is 6.74. The summed E-state index contributed by atoms with van der Waals surface area (Å²) < 4.78 is 11.4. The quantitative estimate of drug-likeness (QED) is 0.490. The van der Waals surface area contributed by atoms with Gasteiger partial charge < -0.3 is 9.16 Å². The van der Waals surface area contributed by atoms with Gasteiger partial charge in [0.1, 0.15) is 0 Å². The van der Waals surface area contributed by atoms with Crippen molar-refractivity contribution in [3.05, 3.63) is 54.1 Å². The van der Waals surface area contributed by atoms with E-state index in [1.165, 1.54) is 16.3 Å². The molecule has 0 saturated heterocycles. The first-order valence-electron chi connectivity index (χ1n) is 9.74. The maximum absolute atomic E-state index is 6.32. The van der Waals surface area contributed by atoms with Gasteiger partial charge in [0, 0.05) is 18.2 Å². The number of aromatic nitrogens is 2. The van der Waals surface area contributed by atoms with Gasteiger partial charge in [0.25, 0.3) is 0 Å². The molecule has 0 aliphatic carbocycles. The molecule has 28 heavy (non-hydrogen) atoms. The molecular weight excluding hydrogens is 364 g/mol. The topological polar surface area (TPSA) is 44.2 Å².